The average molecular weight is 303 g/mol. The molecule has 0 spiro atoms. The van der Waals surface area contributed by atoms with Gasteiger partial charge in [0, 0.05) is 17.5 Å². The molecule has 1 aliphatic carbocycles. The first-order valence-corrected chi connectivity index (χ1v) is 8.04. The van der Waals surface area contributed by atoms with E-state index in [1.165, 1.54) is 0 Å². The molecule has 0 heterocycles. The molecular formula is C21H21NO. The quantitative estimate of drug-likeness (QED) is 0.555. The zero-order valence-electron chi connectivity index (χ0n) is 13.4. The van der Waals surface area contributed by atoms with Gasteiger partial charge in [0.1, 0.15) is 5.71 Å². The molecule has 0 amide bonds. The summed E-state index contributed by atoms with van der Waals surface area (Å²) in [6.45, 7) is 2.13. The summed E-state index contributed by atoms with van der Waals surface area (Å²) >= 11 is 0. The topological polar surface area (TPSA) is 21.6 Å². The highest BCUT2D eigenvalue weighted by Gasteiger charge is 2.27. The van der Waals surface area contributed by atoms with E-state index in [-0.39, 0.29) is 5.60 Å². The second-order valence-corrected chi connectivity index (χ2v) is 5.67. The van der Waals surface area contributed by atoms with E-state index in [4.69, 9.17) is 4.84 Å². The Morgan fingerprint density at radius 1 is 0.957 bits per heavy atom. The predicted molar refractivity (Wildman–Crippen MR) is 95.5 cm³/mol. The molecule has 23 heavy (non-hydrogen) atoms. The molecule has 1 atom stereocenters. The van der Waals surface area contributed by atoms with Crippen LogP contribution in [0.4, 0.5) is 0 Å². The molecule has 2 aromatic carbocycles. The highest BCUT2D eigenvalue weighted by atomic mass is 16.6. The van der Waals surface area contributed by atoms with Crippen molar-refractivity contribution in [1.82, 2.24) is 0 Å². The van der Waals surface area contributed by atoms with Crippen molar-refractivity contribution in [3.05, 3.63) is 96.1 Å². The molecule has 2 heteroatoms. The highest BCUT2D eigenvalue weighted by molar-refractivity contribution is 6.12. The molecule has 0 aliphatic heterocycles. The van der Waals surface area contributed by atoms with E-state index in [1.54, 1.807) is 0 Å². The van der Waals surface area contributed by atoms with Crippen molar-refractivity contribution in [2.45, 2.75) is 25.4 Å². The van der Waals surface area contributed by atoms with Gasteiger partial charge in [-0.25, -0.2) is 0 Å². The van der Waals surface area contributed by atoms with Crippen LogP contribution in [0, 0.1) is 0 Å². The lowest BCUT2D eigenvalue weighted by Crippen LogP contribution is -2.28. The summed E-state index contributed by atoms with van der Waals surface area (Å²) in [6, 6.07) is 20.3. The van der Waals surface area contributed by atoms with Gasteiger partial charge in [-0.3, -0.25) is 0 Å². The first-order chi connectivity index (χ1) is 11.3. The number of nitrogens with zero attached hydrogens (tertiary/aromatic N) is 1. The largest absolute Gasteiger partial charge is 0.384 e. The molecule has 1 aliphatic rings. The first kappa shape index (κ1) is 15.3. The van der Waals surface area contributed by atoms with Crippen molar-refractivity contribution in [2.24, 2.45) is 5.16 Å². The minimum absolute atomic E-state index is 0.344. The number of benzene rings is 2. The van der Waals surface area contributed by atoms with Crippen molar-refractivity contribution in [2.75, 3.05) is 0 Å². The Morgan fingerprint density at radius 3 is 2.04 bits per heavy atom. The van der Waals surface area contributed by atoms with Crippen LogP contribution in [0.1, 0.15) is 30.9 Å². The summed E-state index contributed by atoms with van der Waals surface area (Å²) in [7, 11) is 0. The summed E-state index contributed by atoms with van der Waals surface area (Å²) in [6.07, 6.45) is 10.0. The Kier molecular flexibility index (Phi) is 4.72. The van der Waals surface area contributed by atoms with Crippen molar-refractivity contribution >= 4 is 5.71 Å². The number of allylic oxidation sites excluding steroid dienone is 2. The molecule has 2 nitrogen and oxygen atoms in total. The third kappa shape index (κ3) is 3.59. The van der Waals surface area contributed by atoms with E-state index in [0.29, 0.717) is 0 Å². The molecule has 0 saturated heterocycles. The standard InChI is InChI=1S/C21H21NO/c1-2-21(16-10-5-11-17-21)23-22-20(18-12-6-3-7-13-18)19-14-8-4-9-15-19/h3-16H,2,17H2,1H3. The summed E-state index contributed by atoms with van der Waals surface area (Å²) < 4.78 is 0. The Bertz CT molecular complexity index is 675. The van der Waals surface area contributed by atoms with Crippen LogP contribution in [-0.4, -0.2) is 11.3 Å². The number of hydrogen-bond acceptors (Lipinski definition) is 2. The number of rotatable bonds is 5. The normalized spacial score (nSPS) is 19.3. The van der Waals surface area contributed by atoms with E-state index < -0.39 is 0 Å². The Labute approximate surface area is 137 Å². The maximum Gasteiger partial charge on any atom is 0.159 e. The van der Waals surface area contributed by atoms with Gasteiger partial charge in [-0.1, -0.05) is 91.0 Å². The van der Waals surface area contributed by atoms with Crippen LogP contribution < -0.4 is 0 Å². The molecule has 0 saturated carbocycles. The monoisotopic (exact) mass is 303 g/mol. The zero-order valence-corrected chi connectivity index (χ0v) is 13.4. The molecule has 1 unspecified atom stereocenters. The van der Waals surface area contributed by atoms with Crippen molar-refractivity contribution in [3.63, 3.8) is 0 Å². The summed E-state index contributed by atoms with van der Waals surface area (Å²) in [5, 5.41) is 4.56. The van der Waals surface area contributed by atoms with E-state index in [0.717, 1.165) is 29.7 Å². The summed E-state index contributed by atoms with van der Waals surface area (Å²) in [5.41, 5.74) is 2.63. The van der Waals surface area contributed by atoms with Crippen LogP contribution in [0.3, 0.4) is 0 Å². The lowest BCUT2D eigenvalue weighted by molar-refractivity contribution is -0.00621. The van der Waals surface area contributed by atoms with E-state index >= 15 is 0 Å². The van der Waals surface area contributed by atoms with Gasteiger partial charge in [-0.05, 0) is 12.5 Å². The van der Waals surface area contributed by atoms with Gasteiger partial charge < -0.3 is 4.84 Å². The van der Waals surface area contributed by atoms with Gasteiger partial charge in [-0.15, -0.1) is 0 Å². The van der Waals surface area contributed by atoms with Gasteiger partial charge in [0.15, 0.2) is 5.60 Å². The fourth-order valence-electron chi connectivity index (χ4n) is 2.64. The van der Waals surface area contributed by atoms with E-state index in [2.05, 4.69) is 54.6 Å². The van der Waals surface area contributed by atoms with E-state index in [9.17, 15) is 0 Å². The number of oxime groups is 1. The fourth-order valence-corrected chi connectivity index (χ4v) is 2.64. The number of hydrogen-bond donors (Lipinski definition) is 0. The third-order valence-electron chi connectivity index (χ3n) is 4.12. The molecule has 0 radical (unpaired) electrons. The van der Waals surface area contributed by atoms with Crippen LogP contribution >= 0.6 is 0 Å². The van der Waals surface area contributed by atoms with Gasteiger partial charge in [-0.2, -0.15) is 0 Å². The second kappa shape index (κ2) is 7.10. The minimum atomic E-state index is -0.344. The summed E-state index contributed by atoms with van der Waals surface area (Å²) in [4.78, 5) is 6.04. The zero-order chi connectivity index (χ0) is 16.0. The Hall–Kier alpha value is -2.61. The molecule has 116 valence electrons. The van der Waals surface area contributed by atoms with Crippen molar-refractivity contribution in [3.8, 4) is 0 Å². The van der Waals surface area contributed by atoms with E-state index in [1.807, 2.05) is 42.5 Å². The maximum atomic E-state index is 6.04. The first-order valence-electron chi connectivity index (χ1n) is 8.04. The average Bonchev–Trinajstić information content (AvgIpc) is 2.64. The molecule has 0 N–H and O–H groups in total. The SMILES string of the molecule is CCC1(ON=C(c2ccccc2)c2ccccc2)C=CC=CC1. The molecule has 3 rings (SSSR count). The van der Waals surface area contributed by atoms with Gasteiger partial charge in [0.05, 0.1) is 0 Å². The van der Waals surface area contributed by atoms with Crippen LogP contribution in [-0.2, 0) is 4.84 Å². The van der Waals surface area contributed by atoms with Crippen LogP contribution in [0.5, 0.6) is 0 Å². The maximum absolute atomic E-state index is 6.04. The van der Waals surface area contributed by atoms with Crippen molar-refractivity contribution < 1.29 is 4.84 Å². The molecule has 0 aromatic heterocycles. The lowest BCUT2D eigenvalue weighted by atomic mass is 9.93. The van der Waals surface area contributed by atoms with Gasteiger partial charge in [0.2, 0.25) is 0 Å². The Balaban J connectivity index is 1.95. The fraction of sp³-hybridized carbons (Fsp3) is 0.190. The van der Waals surface area contributed by atoms with Crippen LogP contribution in [0.2, 0.25) is 0 Å². The summed E-state index contributed by atoms with van der Waals surface area (Å²) in [5.74, 6) is 0. The highest BCUT2D eigenvalue weighted by Crippen LogP contribution is 2.27. The Morgan fingerprint density at radius 2 is 1.57 bits per heavy atom. The van der Waals surface area contributed by atoms with Crippen LogP contribution in [0.25, 0.3) is 0 Å². The van der Waals surface area contributed by atoms with Crippen molar-refractivity contribution in [1.29, 1.82) is 0 Å². The molecule has 0 bridgehead atoms. The molecule has 2 aromatic rings. The van der Waals surface area contributed by atoms with Gasteiger partial charge in [0.25, 0.3) is 0 Å². The minimum Gasteiger partial charge on any atom is -0.384 e. The molecule has 0 fully saturated rings. The lowest BCUT2D eigenvalue weighted by Gasteiger charge is -2.27. The molecular weight excluding hydrogens is 282 g/mol. The second-order valence-electron chi connectivity index (χ2n) is 5.67. The smallest absolute Gasteiger partial charge is 0.159 e. The predicted octanol–water partition coefficient (Wildman–Crippen LogP) is 5.12. The van der Waals surface area contributed by atoms with Crippen LogP contribution in [0.15, 0.2) is 90.1 Å². The third-order valence-corrected chi connectivity index (χ3v) is 4.12. The van der Waals surface area contributed by atoms with Gasteiger partial charge >= 0.3 is 0 Å².